The molecule has 0 amide bonds. The van der Waals surface area contributed by atoms with Gasteiger partial charge in [0.05, 0.1) is 22.6 Å². The smallest absolute Gasteiger partial charge is 0.338 e. The van der Waals surface area contributed by atoms with Crippen LogP contribution in [0.3, 0.4) is 0 Å². The summed E-state index contributed by atoms with van der Waals surface area (Å²) < 4.78 is 18.2. The predicted octanol–water partition coefficient (Wildman–Crippen LogP) is 5.69. The molecule has 2 bridgehead atoms. The minimum Gasteiger partial charge on any atom is -0.463 e. The topological polar surface area (TPSA) is 61.8 Å². The van der Waals surface area contributed by atoms with Crippen molar-refractivity contribution in [1.29, 1.82) is 0 Å². The summed E-state index contributed by atoms with van der Waals surface area (Å²) in [5.74, 6) is 1.38. The zero-order chi connectivity index (χ0) is 23.7. The van der Waals surface area contributed by atoms with Crippen molar-refractivity contribution in [2.75, 3.05) is 6.61 Å². The van der Waals surface area contributed by atoms with E-state index >= 15 is 0 Å². The lowest BCUT2D eigenvalue weighted by molar-refractivity contribution is -0.154. The van der Waals surface area contributed by atoms with E-state index in [4.69, 9.17) is 14.2 Å². The summed E-state index contributed by atoms with van der Waals surface area (Å²) in [6, 6.07) is 9.38. The van der Waals surface area contributed by atoms with Crippen LogP contribution in [-0.4, -0.2) is 41.2 Å². The third-order valence-corrected chi connectivity index (χ3v) is 12.1. The molecule has 5 aliphatic rings. The van der Waals surface area contributed by atoms with Crippen LogP contribution in [0.5, 0.6) is 0 Å². The lowest BCUT2D eigenvalue weighted by atomic mass is 9.45. The Morgan fingerprint density at radius 3 is 2.59 bits per heavy atom. The highest BCUT2D eigenvalue weighted by Crippen LogP contribution is 2.72. The van der Waals surface area contributed by atoms with Crippen molar-refractivity contribution in [3.8, 4) is 0 Å². The largest absolute Gasteiger partial charge is 0.463 e. The first-order valence-electron chi connectivity index (χ1n) is 13.0. The molecule has 0 unspecified atom stereocenters. The first kappa shape index (κ1) is 23.0. The second-order valence-electron chi connectivity index (χ2n) is 11.8. The summed E-state index contributed by atoms with van der Waals surface area (Å²) in [6.45, 7) is 4.70. The lowest BCUT2D eigenvalue weighted by Gasteiger charge is -2.62. The van der Waals surface area contributed by atoms with Crippen molar-refractivity contribution in [3.05, 3.63) is 35.9 Å². The lowest BCUT2D eigenvalue weighted by Crippen LogP contribution is -2.64. The fourth-order valence-electron chi connectivity index (χ4n) is 8.95. The summed E-state index contributed by atoms with van der Waals surface area (Å²) in [6.07, 6.45) is 8.30. The van der Waals surface area contributed by atoms with E-state index in [2.05, 4.69) is 22.9 Å². The Bertz CT molecular complexity index is 982. The summed E-state index contributed by atoms with van der Waals surface area (Å²) in [5, 5.41) is 0. The maximum atomic E-state index is 12.9. The Morgan fingerprint density at radius 2 is 1.82 bits per heavy atom. The Kier molecular flexibility index (Phi) is 5.46. The number of ether oxygens (including phenoxy) is 3. The Hall–Kier alpha value is -1.40. The summed E-state index contributed by atoms with van der Waals surface area (Å²) in [5.41, 5.74) is 0.778. The van der Waals surface area contributed by atoms with E-state index in [1.807, 2.05) is 30.3 Å². The SMILES string of the molecule is CC(=O)O[C@@H]1CC[C@]23CO[C@H](C[C@H]4[C@@H]5CC[C@@H](OC(=O)c6ccccc6)[C@@]5(C)CC[C@@H]42)[C@@]3(Br)C1. The van der Waals surface area contributed by atoms with Gasteiger partial charge in [-0.1, -0.05) is 41.1 Å². The predicted molar refractivity (Wildman–Crippen MR) is 131 cm³/mol. The Balaban J connectivity index is 1.23. The van der Waals surface area contributed by atoms with Gasteiger partial charge in [-0.2, -0.15) is 0 Å². The van der Waals surface area contributed by atoms with E-state index in [0.717, 1.165) is 58.0 Å². The minimum absolute atomic E-state index is 0.0161. The molecular formula is C28H35BrO5. The fourth-order valence-corrected chi connectivity index (χ4v) is 10.2. The van der Waals surface area contributed by atoms with Gasteiger partial charge in [0.15, 0.2) is 0 Å². The summed E-state index contributed by atoms with van der Waals surface area (Å²) in [7, 11) is 0. The number of halogens is 1. The van der Waals surface area contributed by atoms with Crippen molar-refractivity contribution in [3.63, 3.8) is 0 Å². The Morgan fingerprint density at radius 1 is 1.03 bits per heavy atom. The molecule has 0 N–H and O–H groups in total. The van der Waals surface area contributed by atoms with Crippen molar-refractivity contribution in [2.24, 2.45) is 28.6 Å². The van der Waals surface area contributed by atoms with Gasteiger partial charge in [0.2, 0.25) is 0 Å². The molecule has 1 saturated heterocycles. The second kappa shape index (κ2) is 8.06. The molecule has 5 nitrogen and oxygen atoms in total. The van der Waals surface area contributed by atoms with Crippen molar-refractivity contribution in [2.45, 2.75) is 87.9 Å². The number of rotatable bonds is 3. The van der Waals surface area contributed by atoms with Crippen LogP contribution in [0.25, 0.3) is 0 Å². The highest BCUT2D eigenvalue weighted by Gasteiger charge is 2.72. The van der Waals surface area contributed by atoms with E-state index in [-0.39, 0.29) is 45.4 Å². The third-order valence-electron chi connectivity index (χ3n) is 10.5. The maximum absolute atomic E-state index is 12.9. The van der Waals surface area contributed by atoms with E-state index in [9.17, 15) is 9.59 Å². The van der Waals surface area contributed by atoms with Crippen LogP contribution in [-0.2, 0) is 19.0 Å². The molecule has 0 radical (unpaired) electrons. The quantitative estimate of drug-likeness (QED) is 0.370. The van der Waals surface area contributed by atoms with E-state index < -0.39 is 0 Å². The Labute approximate surface area is 210 Å². The molecular weight excluding hydrogens is 496 g/mol. The number of benzene rings is 1. The van der Waals surface area contributed by atoms with Crippen molar-refractivity contribution in [1.82, 2.24) is 0 Å². The molecule has 1 aromatic carbocycles. The molecule has 5 fully saturated rings. The van der Waals surface area contributed by atoms with E-state index in [1.54, 1.807) is 0 Å². The van der Waals surface area contributed by atoms with Crippen LogP contribution in [0.2, 0.25) is 0 Å². The zero-order valence-corrected chi connectivity index (χ0v) is 21.7. The van der Waals surface area contributed by atoms with Crippen molar-refractivity contribution < 1.29 is 23.8 Å². The third kappa shape index (κ3) is 3.20. The molecule has 4 saturated carbocycles. The van der Waals surface area contributed by atoms with Crippen LogP contribution in [0, 0.1) is 28.6 Å². The van der Waals surface area contributed by atoms with Gasteiger partial charge in [0.25, 0.3) is 0 Å². The van der Waals surface area contributed by atoms with Gasteiger partial charge in [0, 0.05) is 24.2 Å². The first-order chi connectivity index (χ1) is 16.3. The molecule has 0 spiro atoms. The summed E-state index contributed by atoms with van der Waals surface area (Å²) >= 11 is 4.22. The average Bonchev–Trinajstić information content (AvgIpc) is 3.21. The number of fused-ring (bicyclic) bond motifs is 3. The van der Waals surface area contributed by atoms with Gasteiger partial charge in [-0.05, 0) is 74.8 Å². The van der Waals surface area contributed by atoms with E-state index in [0.29, 0.717) is 23.3 Å². The standard InChI is InChI=1S/C28H35BrO5/c1-17(30)33-19-10-13-27-16-32-24(28(27,29)15-19)14-20-21-8-9-23(26(21,2)12-11-22(20)27)34-25(31)18-6-4-3-5-7-18/h3-7,19-24H,8-16H2,1-2H3/t19-,20+,21+,22+,23-,24-,26+,27+,28+/m1/s1. The highest BCUT2D eigenvalue weighted by atomic mass is 79.9. The molecule has 184 valence electrons. The number of carbonyl (C=O) groups excluding carboxylic acids is 2. The highest BCUT2D eigenvalue weighted by molar-refractivity contribution is 9.10. The number of esters is 2. The molecule has 34 heavy (non-hydrogen) atoms. The van der Waals surface area contributed by atoms with Gasteiger partial charge in [-0.3, -0.25) is 4.79 Å². The second-order valence-corrected chi connectivity index (χ2v) is 13.2. The van der Waals surface area contributed by atoms with Crippen LogP contribution < -0.4 is 0 Å². The molecule has 9 atom stereocenters. The zero-order valence-electron chi connectivity index (χ0n) is 20.1. The van der Waals surface area contributed by atoms with Crippen LogP contribution in [0.1, 0.15) is 75.6 Å². The molecule has 1 heterocycles. The fraction of sp³-hybridized carbons (Fsp3) is 0.714. The van der Waals surface area contributed by atoms with Crippen LogP contribution in [0.15, 0.2) is 30.3 Å². The molecule has 6 rings (SSSR count). The van der Waals surface area contributed by atoms with E-state index in [1.165, 1.54) is 6.92 Å². The molecule has 1 aromatic rings. The number of carbonyl (C=O) groups is 2. The first-order valence-corrected chi connectivity index (χ1v) is 13.8. The van der Waals surface area contributed by atoms with Gasteiger partial charge in [-0.25, -0.2) is 4.79 Å². The molecule has 0 aromatic heterocycles. The minimum atomic E-state index is -0.191. The average molecular weight is 531 g/mol. The summed E-state index contributed by atoms with van der Waals surface area (Å²) in [4.78, 5) is 24.5. The van der Waals surface area contributed by atoms with Crippen molar-refractivity contribution >= 4 is 27.9 Å². The number of alkyl halides is 1. The number of hydrogen-bond donors (Lipinski definition) is 0. The van der Waals surface area contributed by atoms with Gasteiger partial charge in [0.1, 0.15) is 12.2 Å². The molecule has 4 aliphatic carbocycles. The maximum Gasteiger partial charge on any atom is 0.338 e. The van der Waals surface area contributed by atoms with Crippen LogP contribution in [0.4, 0.5) is 0 Å². The monoisotopic (exact) mass is 530 g/mol. The normalized spacial score (nSPS) is 46.7. The number of hydrogen-bond acceptors (Lipinski definition) is 5. The molecule has 1 aliphatic heterocycles. The van der Waals surface area contributed by atoms with Crippen LogP contribution >= 0.6 is 15.9 Å². The van der Waals surface area contributed by atoms with Gasteiger partial charge in [-0.15, -0.1) is 0 Å². The molecule has 6 heteroatoms. The van der Waals surface area contributed by atoms with Gasteiger partial charge < -0.3 is 14.2 Å². The van der Waals surface area contributed by atoms with Gasteiger partial charge >= 0.3 is 11.9 Å².